The fraction of sp³-hybridized carbons (Fsp3) is 0.222. The van der Waals surface area contributed by atoms with Gasteiger partial charge in [-0.2, -0.15) is 0 Å². The summed E-state index contributed by atoms with van der Waals surface area (Å²) in [5.41, 5.74) is -1.20. The van der Waals surface area contributed by atoms with Crippen LogP contribution in [0.15, 0.2) is 18.2 Å². The minimum atomic E-state index is -1.55. The van der Waals surface area contributed by atoms with Gasteiger partial charge in [0.15, 0.2) is 6.29 Å². The van der Waals surface area contributed by atoms with Gasteiger partial charge in [0.2, 0.25) is 0 Å². The van der Waals surface area contributed by atoms with E-state index in [0.29, 0.717) is 16.9 Å². The van der Waals surface area contributed by atoms with E-state index in [1.807, 2.05) is 0 Å². The Labute approximate surface area is 86.1 Å². The van der Waals surface area contributed by atoms with Crippen LogP contribution < -0.4 is 0 Å². The summed E-state index contributed by atoms with van der Waals surface area (Å²) >= 11 is 11.4. The van der Waals surface area contributed by atoms with Crippen LogP contribution in [0.25, 0.3) is 0 Å². The molecule has 0 aliphatic heterocycles. The Hall–Kier alpha value is -0.570. The Morgan fingerprint density at radius 1 is 1.46 bits per heavy atom. The maximum absolute atomic E-state index is 10.5. The van der Waals surface area contributed by atoms with Crippen molar-refractivity contribution in [3.8, 4) is 0 Å². The number of benzene rings is 1. The average molecular weight is 219 g/mol. The molecule has 0 heterocycles. The number of hydrogen-bond donors (Lipinski definition) is 1. The molecule has 0 fully saturated rings. The highest BCUT2D eigenvalue weighted by molar-refractivity contribution is 6.35. The number of carbonyl (C=O) groups is 1. The molecule has 2 nitrogen and oxygen atoms in total. The van der Waals surface area contributed by atoms with Crippen LogP contribution in [0.2, 0.25) is 10.0 Å². The van der Waals surface area contributed by atoms with Gasteiger partial charge in [-0.25, -0.2) is 0 Å². The minimum absolute atomic E-state index is 0.282. The van der Waals surface area contributed by atoms with E-state index >= 15 is 0 Å². The van der Waals surface area contributed by atoms with Crippen LogP contribution in [-0.4, -0.2) is 11.4 Å². The zero-order chi connectivity index (χ0) is 10.1. The lowest BCUT2D eigenvalue weighted by molar-refractivity contribution is -0.123. The topological polar surface area (TPSA) is 37.3 Å². The molecule has 1 aromatic carbocycles. The minimum Gasteiger partial charge on any atom is -0.378 e. The van der Waals surface area contributed by atoms with Crippen molar-refractivity contribution in [2.24, 2.45) is 0 Å². The van der Waals surface area contributed by atoms with Gasteiger partial charge in [-0.15, -0.1) is 0 Å². The molecule has 0 amide bonds. The summed E-state index contributed by atoms with van der Waals surface area (Å²) in [6.45, 7) is 1.37. The van der Waals surface area contributed by atoms with Crippen molar-refractivity contribution in [3.63, 3.8) is 0 Å². The fourth-order valence-electron chi connectivity index (χ4n) is 0.963. The normalized spacial score (nSPS) is 15.1. The van der Waals surface area contributed by atoms with E-state index in [4.69, 9.17) is 23.2 Å². The highest BCUT2D eigenvalue weighted by Gasteiger charge is 2.24. The van der Waals surface area contributed by atoms with E-state index < -0.39 is 5.60 Å². The first-order valence-corrected chi connectivity index (χ1v) is 4.37. The number of aldehydes is 1. The predicted molar refractivity (Wildman–Crippen MR) is 52.1 cm³/mol. The van der Waals surface area contributed by atoms with Crippen molar-refractivity contribution in [2.75, 3.05) is 0 Å². The molecule has 1 rings (SSSR count). The molecule has 13 heavy (non-hydrogen) atoms. The Morgan fingerprint density at radius 3 is 2.54 bits per heavy atom. The molecule has 1 atom stereocenters. The van der Waals surface area contributed by atoms with Crippen LogP contribution >= 0.6 is 23.2 Å². The van der Waals surface area contributed by atoms with Crippen LogP contribution in [-0.2, 0) is 10.4 Å². The second-order valence-corrected chi connectivity index (χ2v) is 3.73. The third-order valence-electron chi connectivity index (χ3n) is 1.71. The van der Waals surface area contributed by atoms with E-state index in [2.05, 4.69) is 0 Å². The fourth-order valence-corrected chi connectivity index (χ4v) is 1.56. The second kappa shape index (κ2) is 3.66. The highest BCUT2D eigenvalue weighted by atomic mass is 35.5. The third kappa shape index (κ3) is 2.21. The molecule has 0 aliphatic carbocycles. The molecular formula is C9H8Cl2O2. The third-order valence-corrected chi connectivity index (χ3v) is 2.25. The van der Waals surface area contributed by atoms with Gasteiger partial charge in [-0.3, -0.25) is 4.79 Å². The summed E-state index contributed by atoms with van der Waals surface area (Å²) in [5, 5.41) is 10.3. The Bertz CT molecular complexity index is 334. The summed E-state index contributed by atoms with van der Waals surface area (Å²) in [7, 11) is 0. The van der Waals surface area contributed by atoms with Gasteiger partial charge in [-0.05, 0) is 19.1 Å². The summed E-state index contributed by atoms with van der Waals surface area (Å²) in [6, 6.07) is 4.58. The zero-order valence-electron chi connectivity index (χ0n) is 6.92. The highest BCUT2D eigenvalue weighted by Crippen LogP contribution is 2.28. The van der Waals surface area contributed by atoms with Crippen molar-refractivity contribution in [2.45, 2.75) is 12.5 Å². The first kappa shape index (κ1) is 10.5. The Morgan fingerprint density at radius 2 is 2.08 bits per heavy atom. The lowest BCUT2D eigenvalue weighted by Gasteiger charge is -2.17. The van der Waals surface area contributed by atoms with E-state index in [9.17, 15) is 9.90 Å². The van der Waals surface area contributed by atoms with Gasteiger partial charge < -0.3 is 5.11 Å². The number of hydrogen-bond acceptors (Lipinski definition) is 2. The molecule has 4 heteroatoms. The molecular weight excluding hydrogens is 211 g/mol. The van der Waals surface area contributed by atoms with Crippen LogP contribution in [0.1, 0.15) is 12.5 Å². The van der Waals surface area contributed by atoms with Gasteiger partial charge in [-0.1, -0.05) is 29.3 Å². The van der Waals surface area contributed by atoms with Crippen LogP contribution in [0.3, 0.4) is 0 Å². The smallest absolute Gasteiger partial charge is 0.155 e. The molecule has 1 N–H and O–H groups in total. The summed E-state index contributed by atoms with van der Waals surface area (Å²) in [6.07, 6.45) is 0.433. The Kier molecular flexibility index (Phi) is 2.96. The van der Waals surface area contributed by atoms with Crippen molar-refractivity contribution < 1.29 is 9.90 Å². The van der Waals surface area contributed by atoms with Crippen molar-refractivity contribution in [1.29, 1.82) is 0 Å². The van der Waals surface area contributed by atoms with Gasteiger partial charge in [0.25, 0.3) is 0 Å². The summed E-state index contributed by atoms with van der Waals surface area (Å²) in [4.78, 5) is 10.5. The van der Waals surface area contributed by atoms with E-state index in [1.54, 1.807) is 6.07 Å². The summed E-state index contributed by atoms with van der Waals surface area (Å²) in [5.74, 6) is 0. The van der Waals surface area contributed by atoms with Gasteiger partial charge in [0.05, 0.1) is 0 Å². The number of carbonyl (C=O) groups excluding carboxylic acids is 1. The maximum atomic E-state index is 10.5. The van der Waals surface area contributed by atoms with E-state index in [-0.39, 0.29) is 5.02 Å². The number of rotatable bonds is 2. The second-order valence-electron chi connectivity index (χ2n) is 2.89. The maximum Gasteiger partial charge on any atom is 0.155 e. The van der Waals surface area contributed by atoms with Crippen molar-refractivity contribution >= 4 is 29.5 Å². The van der Waals surface area contributed by atoms with Crippen molar-refractivity contribution in [3.05, 3.63) is 33.8 Å². The van der Waals surface area contributed by atoms with Crippen molar-refractivity contribution in [1.82, 2.24) is 0 Å². The molecule has 0 bridgehead atoms. The molecule has 0 saturated carbocycles. The quantitative estimate of drug-likeness (QED) is 0.775. The number of halogens is 2. The average Bonchev–Trinajstić information content (AvgIpc) is 2.03. The number of aliphatic hydroxyl groups is 1. The van der Waals surface area contributed by atoms with E-state index in [1.165, 1.54) is 19.1 Å². The zero-order valence-corrected chi connectivity index (χ0v) is 8.43. The SMILES string of the molecule is CC(O)(C=O)c1ccc(Cl)cc1Cl. The lowest BCUT2D eigenvalue weighted by Crippen LogP contribution is -2.23. The predicted octanol–water partition coefficient (Wildman–Crippen LogP) is 2.40. The van der Waals surface area contributed by atoms with Gasteiger partial charge in [0.1, 0.15) is 5.60 Å². The monoisotopic (exact) mass is 218 g/mol. The molecule has 1 unspecified atom stereocenters. The molecule has 1 aromatic rings. The molecule has 70 valence electrons. The largest absolute Gasteiger partial charge is 0.378 e. The van der Waals surface area contributed by atoms with Gasteiger partial charge in [0, 0.05) is 15.6 Å². The Balaban J connectivity index is 3.23. The van der Waals surface area contributed by atoms with E-state index in [0.717, 1.165) is 0 Å². The molecule has 0 aromatic heterocycles. The standard InChI is InChI=1S/C9H8Cl2O2/c1-9(13,5-12)7-3-2-6(10)4-8(7)11/h2-5,13H,1H3. The first-order chi connectivity index (χ1) is 5.97. The van der Waals surface area contributed by atoms with Gasteiger partial charge >= 0.3 is 0 Å². The molecule has 0 radical (unpaired) electrons. The van der Waals surface area contributed by atoms with Crippen LogP contribution in [0.5, 0.6) is 0 Å². The lowest BCUT2D eigenvalue weighted by atomic mass is 9.98. The van der Waals surface area contributed by atoms with Crippen LogP contribution in [0, 0.1) is 0 Å². The van der Waals surface area contributed by atoms with Crippen LogP contribution in [0.4, 0.5) is 0 Å². The first-order valence-electron chi connectivity index (χ1n) is 3.61. The molecule has 0 aliphatic rings. The molecule has 0 saturated heterocycles. The summed E-state index contributed by atoms with van der Waals surface area (Å²) < 4.78 is 0. The molecule has 0 spiro atoms.